The van der Waals surface area contributed by atoms with Gasteiger partial charge >= 0.3 is 0 Å². The van der Waals surface area contributed by atoms with E-state index in [0.717, 1.165) is 30.1 Å². The maximum atomic E-state index is 12.3. The van der Waals surface area contributed by atoms with Gasteiger partial charge in [0, 0.05) is 18.8 Å². The SMILES string of the molecule is COc1ccc(CC(=O)Nc2cc(N3CCOCC3)ccc2Cl)cc1. The summed E-state index contributed by atoms with van der Waals surface area (Å²) in [5, 5.41) is 3.43. The molecule has 1 heterocycles. The molecule has 1 amide bonds. The first-order valence-electron chi connectivity index (χ1n) is 8.21. The van der Waals surface area contributed by atoms with Gasteiger partial charge in [-0.1, -0.05) is 23.7 Å². The molecule has 1 aliphatic heterocycles. The van der Waals surface area contributed by atoms with Crippen molar-refractivity contribution in [2.75, 3.05) is 43.6 Å². The van der Waals surface area contributed by atoms with Gasteiger partial charge in [0.25, 0.3) is 0 Å². The van der Waals surface area contributed by atoms with E-state index in [1.807, 2.05) is 42.5 Å². The van der Waals surface area contributed by atoms with Crippen LogP contribution in [0.25, 0.3) is 0 Å². The molecule has 1 saturated heterocycles. The Labute approximate surface area is 152 Å². The van der Waals surface area contributed by atoms with E-state index < -0.39 is 0 Å². The number of hydrogen-bond acceptors (Lipinski definition) is 4. The van der Waals surface area contributed by atoms with Gasteiger partial charge in [0.1, 0.15) is 5.75 Å². The molecule has 132 valence electrons. The average molecular weight is 361 g/mol. The number of halogens is 1. The van der Waals surface area contributed by atoms with Crippen LogP contribution in [0.1, 0.15) is 5.56 Å². The third-order valence-corrected chi connectivity index (χ3v) is 4.45. The molecule has 0 atom stereocenters. The monoisotopic (exact) mass is 360 g/mol. The summed E-state index contributed by atoms with van der Waals surface area (Å²) in [6, 6.07) is 13.1. The van der Waals surface area contributed by atoms with Crippen LogP contribution < -0.4 is 15.0 Å². The summed E-state index contributed by atoms with van der Waals surface area (Å²) in [6.45, 7) is 3.09. The van der Waals surface area contributed by atoms with Gasteiger partial charge < -0.3 is 19.7 Å². The standard InChI is InChI=1S/C19H21ClN2O3/c1-24-16-5-2-14(3-6-16)12-19(23)21-18-13-15(4-7-17(18)20)22-8-10-25-11-9-22/h2-7,13H,8-12H2,1H3,(H,21,23). The predicted molar refractivity (Wildman–Crippen MR) is 99.8 cm³/mol. The highest BCUT2D eigenvalue weighted by molar-refractivity contribution is 6.33. The van der Waals surface area contributed by atoms with Crippen LogP contribution in [0.5, 0.6) is 5.75 Å². The van der Waals surface area contributed by atoms with Crippen molar-refractivity contribution in [1.82, 2.24) is 0 Å². The minimum absolute atomic E-state index is 0.105. The van der Waals surface area contributed by atoms with E-state index in [0.29, 0.717) is 23.9 Å². The molecule has 0 spiro atoms. The summed E-state index contributed by atoms with van der Waals surface area (Å²) in [6.07, 6.45) is 0.280. The molecular formula is C19H21ClN2O3. The molecule has 1 fully saturated rings. The van der Waals surface area contributed by atoms with E-state index in [2.05, 4.69) is 10.2 Å². The van der Waals surface area contributed by atoms with Gasteiger partial charge in [-0.25, -0.2) is 0 Å². The lowest BCUT2D eigenvalue weighted by Gasteiger charge is -2.29. The fraction of sp³-hybridized carbons (Fsp3) is 0.316. The predicted octanol–water partition coefficient (Wildman–Crippen LogP) is 3.37. The van der Waals surface area contributed by atoms with E-state index in [1.165, 1.54) is 0 Å². The van der Waals surface area contributed by atoms with Gasteiger partial charge in [-0.2, -0.15) is 0 Å². The summed E-state index contributed by atoms with van der Waals surface area (Å²) < 4.78 is 10.5. The normalized spacial score (nSPS) is 14.2. The minimum atomic E-state index is -0.105. The molecule has 2 aromatic rings. The first kappa shape index (κ1) is 17.6. The van der Waals surface area contributed by atoms with Crippen LogP contribution in [0.15, 0.2) is 42.5 Å². The minimum Gasteiger partial charge on any atom is -0.497 e. The molecule has 25 heavy (non-hydrogen) atoms. The Bertz CT molecular complexity index is 728. The Morgan fingerprint density at radius 1 is 1.20 bits per heavy atom. The summed E-state index contributed by atoms with van der Waals surface area (Å²) in [5.74, 6) is 0.664. The molecule has 0 bridgehead atoms. The zero-order chi connectivity index (χ0) is 17.6. The molecule has 0 radical (unpaired) electrons. The van der Waals surface area contributed by atoms with Gasteiger partial charge in [0.15, 0.2) is 0 Å². The third-order valence-electron chi connectivity index (χ3n) is 4.12. The first-order chi connectivity index (χ1) is 12.2. The average Bonchev–Trinajstić information content (AvgIpc) is 2.65. The zero-order valence-electron chi connectivity index (χ0n) is 14.1. The van der Waals surface area contributed by atoms with Crippen LogP contribution in [0.4, 0.5) is 11.4 Å². The number of nitrogens with zero attached hydrogens (tertiary/aromatic N) is 1. The molecule has 1 aliphatic rings. The summed E-state index contributed by atoms with van der Waals surface area (Å²) >= 11 is 6.25. The van der Waals surface area contributed by atoms with Crippen molar-refractivity contribution >= 4 is 28.9 Å². The number of ether oxygens (including phenoxy) is 2. The molecule has 5 nitrogen and oxygen atoms in total. The van der Waals surface area contributed by atoms with Crippen LogP contribution in [-0.2, 0) is 16.0 Å². The van der Waals surface area contributed by atoms with Crippen LogP contribution in [0.2, 0.25) is 5.02 Å². The number of carbonyl (C=O) groups is 1. The van der Waals surface area contributed by atoms with Crippen LogP contribution in [-0.4, -0.2) is 39.3 Å². The second-order valence-electron chi connectivity index (χ2n) is 5.84. The number of carbonyl (C=O) groups excluding carboxylic acids is 1. The van der Waals surface area contributed by atoms with Crippen molar-refractivity contribution in [3.63, 3.8) is 0 Å². The Kier molecular flexibility index (Phi) is 5.79. The van der Waals surface area contributed by atoms with Gasteiger partial charge in [-0.05, 0) is 35.9 Å². The van der Waals surface area contributed by atoms with Crippen LogP contribution in [0.3, 0.4) is 0 Å². The van der Waals surface area contributed by atoms with Crippen molar-refractivity contribution in [2.24, 2.45) is 0 Å². The molecule has 2 aromatic carbocycles. The molecule has 0 aliphatic carbocycles. The molecule has 0 saturated carbocycles. The maximum absolute atomic E-state index is 12.3. The fourth-order valence-corrected chi connectivity index (χ4v) is 2.92. The quantitative estimate of drug-likeness (QED) is 0.888. The number of nitrogens with one attached hydrogen (secondary N) is 1. The highest BCUT2D eigenvalue weighted by Crippen LogP contribution is 2.28. The van der Waals surface area contributed by atoms with E-state index >= 15 is 0 Å². The highest BCUT2D eigenvalue weighted by atomic mass is 35.5. The topological polar surface area (TPSA) is 50.8 Å². The lowest BCUT2D eigenvalue weighted by atomic mass is 10.1. The van der Waals surface area contributed by atoms with Gasteiger partial charge in [-0.15, -0.1) is 0 Å². The van der Waals surface area contributed by atoms with Crippen molar-refractivity contribution in [3.8, 4) is 5.75 Å². The second kappa shape index (κ2) is 8.23. The zero-order valence-corrected chi connectivity index (χ0v) is 14.9. The van der Waals surface area contributed by atoms with Crippen molar-refractivity contribution in [3.05, 3.63) is 53.1 Å². The molecule has 0 unspecified atom stereocenters. The smallest absolute Gasteiger partial charge is 0.228 e. The molecule has 3 rings (SSSR count). The number of morpholine rings is 1. The van der Waals surface area contributed by atoms with Crippen LogP contribution in [0, 0.1) is 0 Å². The highest BCUT2D eigenvalue weighted by Gasteiger charge is 2.14. The maximum Gasteiger partial charge on any atom is 0.228 e. The molecule has 1 N–H and O–H groups in total. The Hall–Kier alpha value is -2.24. The Morgan fingerprint density at radius 2 is 1.92 bits per heavy atom. The van der Waals surface area contributed by atoms with Crippen molar-refractivity contribution in [1.29, 1.82) is 0 Å². The lowest BCUT2D eigenvalue weighted by molar-refractivity contribution is -0.115. The van der Waals surface area contributed by atoms with Gasteiger partial charge in [0.05, 0.1) is 37.5 Å². The number of rotatable bonds is 5. The summed E-state index contributed by atoms with van der Waals surface area (Å²) in [4.78, 5) is 14.6. The number of amides is 1. The van der Waals surface area contributed by atoms with Crippen molar-refractivity contribution in [2.45, 2.75) is 6.42 Å². The number of benzene rings is 2. The number of hydrogen-bond donors (Lipinski definition) is 1. The number of anilines is 2. The van der Waals surface area contributed by atoms with E-state index in [9.17, 15) is 4.79 Å². The summed E-state index contributed by atoms with van der Waals surface area (Å²) in [5.41, 5.74) is 2.58. The van der Waals surface area contributed by atoms with Crippen molar-refractivity contribution < 1.29 is 14.3 Å². The molecule has 6 heteroatoms. The second-order valence-corrected chi connectivity index (χ2v) is 6.24. The molecular weight excluding hydrogens is 340 g/mol. The Morgan fingerprint density at radius 3 is 2.60 bits per heavy atom. The largest absolute Gasteiger partial charge is 0.497 e. The van der Waals surface area contributed by atoms with Gasteiger partial charge in [-0.3, -0.25) is 4.79 Å². The molecule has 0 aromatic heterocycles. The van der Waals surface area contributed by atoms with E-state index in [4.69, 9.17) is 21.1 Å². The summed E-state index contributed by atoms with van der Waals surface area (Å²) in [7, 11) is 1.62. The Balaban J connectivity index is 1.67. The fourth-order valence-electron chi connectivity index (χ4n) is 2.75. The third kappa shape index (κ3) is 4.65. The van der Waals surface area contributed by atoms with E-state index in [1.54, 1.807) is 7.11 Å². The lowest BCUT2D eigenvalue weighted by Crippen LogP contribution is -2.36. The van der Waals surface area contributed by atoms with Crippen LogP contribution >= 0.6 is 11.6 Å². The number of methoxy groups -OCH3 is 1. The van der Waals surface area contributed by atoms with E-state index in [-0.39, 0.29) is 12.3 Å². The first-order valence-corrected chi connectivity index (χ1v) is 8.58. The van der Waals surface area contributed by atoms with Gasteiger partial charge in [0.2, 0.25) is 5.91 Å².